The van der Waals surface area contributed by atoms with E-state index in [1.165, 1.54) is 4.90 Å². The summed E-state index contributed by atoms with van der Waals surface area (Å²) >= 11 is 0. The molecule has 1 atom stereocenters. The first kappa shape index (κ1) is 20.8. The summed E-state index contributed by atoms with van der Waals surface area (Å²) in [5, 5.41) is 3.28. The van der Waals surface area contributed by atoms with Gasteiger partial charge >= 0.3 is 0 Å². The maximum absolute atomic E-state index is 12.7. The first-order valence-corrected chi connectivity index (χ1v) is 10.4. The lowest BCUT2D eigenvalue weighted by Gasteiger charge is -2.34. The van der Waals surface area contributed by atoms with E-state index in [0.29, 0.717) is 12.3 Å². The van der Waals surface area contributed by atoms with E-state index < -0.39 is 6.04 Å². The normalized spacial score (nSPS) is 21.5. The van der Waals surface area contributed by atoms with Crippen molar-refractivity contribution in [1.29, 1.82) is 0 Å². The zero-order chi connectivity index (χ0) is 19.9. The van der Waals surface area contributed by atoms with Crippen LogP contribution in [0.5, 0.6) is 5.75 Å². The third-order valence-corrected chi connectivity index (χ3v) is 5.51. The number of nitrogens with zero attached hydrogens (tertiary/aromatic N) is 3. The Balaban J connectivity index is 1.43. The highest BCUT2D eigenvalue weighted by Gasteiger charge is 2.39. The molecular formula is C21H32N4O3. The molecule has 1 unspecified atom stereocenters. The summed E-state index contributed by atoms with van der Waals surface area (Å²) in [5.74, 6) is 0.424. The van der Waals surface area contributed by atoms with Gasteiger partial charge in [-0.25, -0.2) is 4.90 Å². The summed E-state index contributed by atoms with van der Waals surface area (Å²) in [6.45, 7) is 12.1. The van der Waals surface area contributed by atoms with Gasteiger partial charge in [-0.15, -0.1) is 0 Å². The molecule has 0 spiro atoms. The summed E-state index contributed by atoms with van der Waals surface area (Å²) in [5.41, 5.74) is 0.608. The van der Waals surface area contributed by atoms with Crippen LogP contribution in [0.25, 0.3) is 0 Å². The molecule has 2 aliphatic rings. The van der Waals surface area contributed by atoms with E-state index in [1.807, 2.05) is 6.92 Å². The summed E-state index contributed by atoms with van der Waals surface area (Å²) in [6, 6.07) is 6.69. The molecule has 2 saturated heterocycles. The second kappa shape index (κ2) is 10.0. The predicted octanol–water partition coefficient (Wildman–Crippen LogP) is 1.33. The van der Waals surface area contributed by atoms with E-state index in [9.17, 15) is 9.59 Å². The Morgan fingerprint density at radius 2 is 1.71 bits per heavy atom. The van der Waals surface area contributed by atoms with Gasteiger partial charge in [-0.1, -0.05) is 6.92 Å². The standard InChI is InChI=1S/C21H32N4O3/c1-3-23-12-14-24(15-13-23)11-5-10-22-19-16-20(26)25(21(19)27)17-6-8-18(9-7-17)28-4-2/h6-9,19,22H,3-5,10-16H2,1-2H3. The molecule has 2 heterocycles. The van der Waals surface area contributed by atoms with Gasteiger partial charge in [0.2, 0.25) is 5.91 Å². The minimum absolute atomic E-state index is 0.151. The lowest BCUT2D eigenvalue weighted by atomic mass is 10.2. The lowest BCUT2D eigenvalue weighted by molar-refractivity contribution is -0.121. The first-order valence-electron chi connectivity index (χ1n) is 10.4. The number of piperazine rings is 1. The van der Waals surface area contributed by atoms with Gasteiger partial charge in [0.15, 0.2) is 0 Å². The fraction of sp³-hybridized carbons (Fsp3) is 0.619. The number of likely N-dealkylation sites (N-methyl/N-ethyl adjacent to an activating group) is 1. The third kappa shape index (κ3) is 5.10. The molecule has 2 aliphatic heterocycles. The van der Waals surface area contributed by atoms with Crippen LogP contribution in [0.3, 0.4) is 0 Å². The molecule has 2 amide bonds. The number of carbonyl (C=O) groups is 2. The van der Waals surface area contributed by atoms with Crippen LogP contribution in [0.2, 0.25) is 0 Å². The molecule has 0 radical (unpaired) electrons. The number of carbonyl (C=O) groups excluding carboxylic acids is 2. The van der Waals surface area contributed by atoms with Gasteiger partial charge in [0.25, 0.3) is 5.91 Å². The molecular weight excluding hydrogens is 356 g/mol. The van der Waals surface area contributed by atoms with Crippen molar-refractivity contribution in [2.75, 3.05) is 57.3 Å². The monoisotopic (exact) mass is 388 g/mol. The zero-order valence-electron chi connectivity index (χ0n) is 17.0. The molecule has 0 aromatic heterocycles. The van der Waals surface area contributed by atoms with Gasteiger partial charge in [0, 0.05) is 26.2 Å². The number of hydrogen-bond donors (Lipinski definition) is 1. The van der Waals surface area contributed by atoms with Crippen molar-refractivity contribution in [2.45, 2.75) is 32.7 Å². The Kier molecular flexibility index (Phi) is 7.42. The van der Waals surface area contributed by atoms with Crippen LogP contribution in [0.1, 0.15) is 26.7 Å². The predicted molar refractivity (Wildman–Crippen MR) is 110 cm³/mol. The average molecular weight is 389 g/mol. The molecule has 0 bridgehead atoms. The highest BCUT2D eigenvalue weighted by molar-refractivity contribution is 6.22. The van der Waals surface area contributed by atoms with Crippen molar-refractivity contribution < 1.29 is 14.3 Å². The number of amides is 2. The van der Waals surface area contributed by atoms with E-state index in [-0.39, 0.29) is 18.2 Å². The van der Waals surface area contributed by atoms with Crippen molar-refractivity contribution in [2.24, 2.45) is 0 Å². The fourth-order valence-electron chi connectivity index (χ4n) is 3.83. The SMILES string of the molecule is CCOc1ccc(N2C(=O)CC(NCCCN3CCN(CC)CC3)C2=O)cc1. The van der Waals surface area contributed by atoms with Gasteiger partial charge < -0.3 is 19.9 Å². The Morgan fingerprint density at radius 1 is 1.04 bits per heavy atom. The number of ether oxygens (including phenoxy) is 1. The van der Waals surface area contributed by atoms with E-state index >= 15 is 0 Å². The molecule has 28 heavy (non-hydrogen) atoms. The van der Waals surface area contributed by atoms with Crippen molar-refractivity contribution in [3.63, 3.8) is 0 Å². The average Bonchev–Trinajstić information content (AvgIpc) is 3.00. The van der Waals surface area contributed by atoms with Gasteiger partial charge in [0.1, 0.15) is 5.75 Å². The Labute approximate surface area is 167 Å². The fourth-order valence-corrected chi connectivity index (χ4v) is 3.83. The van der Waals surface area contributed by atoms with Crippen molar-refractivity contribution >= 4 is 17.5 Å². The molecule has 1 N–H and O–H groups in total. The minimum Gasteiger partial charge on any atom is -0.494 e. The largest absolute Gasteiger partial charge is 0.494 e. The Hall–Kier alpha value is -1.96. The van der Waals surface area contributed by atoms with E-state index in [0.717, 1.165) is 58.0 Å². The number of hydrogen-bond acceptors (Lipinski definition) is 6. The quantitative estimate of drug-likeness (QED) is 0.509. The van der Waals surface area contributed by atoms with Gasteiger partial charge in [-0.05, 0) is 57.2 Å². The second-order valence-electron chi connectivity index (χ2n) is 7.33. The number of benzene rings is 1. The molecule has 7 heteroatoms. The van der Waals surface area contributed by atoms with Crippen molar-refractivity contribution in [1.82, 2.24) is 15.1 Å². The van der Waals surface area contributed by atoms with E-state index in [2.05, 4.69) is 22.0 Å². The molecule has 1 aromatic carbocycles. The minimum atomic E-state index is -0.420. The van der Waals surface area contributed by atoms with Crippen LogP contribution in [0, 0.1) is 0 Å². The highest BCUT2D eigenvalue weighted by Crippen LogP contribution is 2.25. The van der Waals surface area contributed by atoms with Crippen LogP contribution < -0.4 is 15.0 Å². The van der Waals surface area contributed by atoms with Crippen molar-refractivity contribution in [3.8, 4) is 5.75 Å². The van der Waals surface area contributed by atoms with E-state index in [1.54, 1.807) is 24.3 Å². The highest BCUT2D eigenvalue weighted by atomic mass is 16.5. The van der Waals surface area contributed by atoms with Crippen LogP contribution in [0.15, 0.2) is 24.3 Å². The Bertz CT molecular complexity index is 656. The summed E-state index contributed by atoms with van der Waals surface area (Å²) in [4.78, 5) is 31.3. The van der Waals surface area contributed by atoms with Crippen LogP contribution in [-0.4, -0.2) is 80.1 Å². The van der Waals surface area contributed by atoms with E-state index in [4.69, 9.17) is 4.74 Å². The zero-order valence-corrected chi connectivity index (χ0v) is 17.0. The molecule has 2 fully saturated rings. The molecule has 0 aliphatic carbocycles. The summed E-state index contributed by atoms with van der Waals surface area (Å²) < 4.78 is 5.42. The van der Waals surface area contributed by atoms with Gasteiger partial charge in [0.05, 0.1) is 24.8 Å². The Morgan fingerprint density at radius 3 is 2.36 bits per heavy atom. The lowest BCUT2D eigenvalue weighted by Crippen LogP contribution is -2.47. The summed E-state index contributed by atoms with van der Waals surface area (Å²) in [7, 11) is 0. The molecule has 0 saturated carbocycles. The summed E-state index contributed by atoms with van der Waals surface area (Å²) in [6.07, 6.45) is 1.20. The first-order chi connectivity index (χ1) is 13.6. The molecule has 7 nitrogen and oxygen atoms in total. The number of rotatable bonds is 9. The van der Waals surface area contributed by atoms with Gasteiger partial charge in [-0.3, -0.25) is 9.59 Å². The van der Waals surface area contributed by atoms with Crippen molar-refractivity contribution in [3.05, 3.63) is 24.3 Å². The van der Waals surface area contributed by atoms with Crippen LogP contribution in [0.4, 0.5) is 5.69 Å². The van der Waals surface area contributed by atoms with Crippen LogP contribution in [-0.2, 0) is 9.59 Å². The topological polar surface area (TPSA) is 65.1 Å². The van der Waals surface area contributed by atoms with Crippen LogP contribution >= 0.6 is 0 Å². The maximum Gasteiger partial charge on any atom is 0.251 e. The third-order valence-electron chi connectivity index (χ3n) is 5.51. The number of imide groups is 1. The molecule has 3 rings (SSSR count). The number of nitrogens with one attached hydrogen (secondary N) is 1. The van der Waals surface area contributed by atoms with Gasteiger partial charge in [-0.2, -0.15) is 0 Å². The molecule has 154 valence electrons. The smallest absolute Gasteiger partial charge is 0.251 e. The maximum atomic E-state index is 12.7. The second-order valence-corrected chi connectivity index (χ2v) is 7.33. The molecule has 1 aromatic rings. The number of anilines is 1.